The van der Waals surface area contributed by atoms with Gasteiger partial charge in [0, 0.05) is 44.3 Å². The highest BCUT2D eigenvalue weighted by Gasteiger charge is 2.30. The number of benzene rings is 1. The zero-order chi connectivity index (χ0) is 21.4. The number of rotatable bonds is 5. The van der Waals surface area contributed by atoms with Crippen LogP contribution in [0.4, 0.5) is 0 Å². The number of aryl methyl sites for hydroxylation is 1. The Labute approximate surface area is 182 Å². The molecule has 2 aliphatic rings. The van der Waals surface area contributed by atoms with Crippen LogP contribution < -0.4 is 4.74 Å². The lowest BCUT2D eigenvalue weighted by Crippen LogP contribution is -2.35. The fourth-order valence-electron chi connectivity index (χ4n) is 4.36. The number of ether oxygens (including phenoxy) is 1. The van der Waals surface area contributed by atoms with Gasteiger partial charge in [-0.1, -0.05) is 17.3 Å². The Morgan fingerprint density at radius 1 is 1.16 bits per heavy atom. The highest BCUT2D eigenvalue weighted by Crippen LogP contribution is 2.40. The minimum Gasteiger partial charge on any atom is -0.497 e. The Morgan fingerprint density at radius 2 is 1.97 bits per heavy atom. The van der Waals surface area contributed by atoms with Gasteiger partial charge in [-0.05, 0) is 49.9 Å². The maximum absolute atomic E-state index is 13.5. The van der Waals surface area contributed by atoms with E-state index in [-0.39, 0.29) is 5.91 Å². The van der Waals surface area contributed by atoms with E-state index in [1.165, 1.54) is 5.56 Å². The molecule has 0 spiro atoms. The summed E-state index contributed by atoms with van der Waals surface area (Å²) in [4.78, 5) is 22.6. The van der Waals surface area contributed by atoms with Crippen LogP contribution in [0, 0.1) is 6.92 Å². The number of hydrogen-bond donors (Lipinski definition) is 0. The van der Waals surface area contributed by atoms with E-state index in [1.807, 2.05) is 30.0 Å². The van der Waals surface area contributed by atoms with Gasteiger partial charge in [0.15, 0.2) is 0 Å². The van der Waals surface area contributed by atoms with Gasteiger partial charge in [0.2, 0.25) is 0 Å². The van der Waals surface area contributed by atoms with Crippen LogP contribution >= 0.6 is 0 Å². The largest absolute Gasteiger partial charge is 0.497 e. The Morgan fingerprint density at radius 3 is 2.71 bits per heavy atom. The molecule has 1 amide bonds. The average Bonchev–Trinajstić information content (AvgIpc) is 3.60. The molecule has 0 radical (unpaired) electrons. The third-order valence-electron chi connectivity index (χ3n) is 6.30. The summed E-state index contributed by atoms with van der Waals surface area (Å²) in [5.74, 6) is 1.38. The summed E-state index contributed by atoms with van der Waals surface area (Å²) in [6.07, 6.45) is 3.21. The molecule has 1 saturated carbocycles. The van der Waals surface area contributed by atoms with Crippen LogP contribution in [-0.2, 0) is 6.54 Å². The van der Waals surface area contributed by atoms with Crippen LogP contribution in [0.15, 0.2) is 34.9 Å². The van der Waals surface area contributed by atoms with E-state index in [0.717, 1.165) is 68.0 Å². The predicted molar refractivity (Wildman–Crippen MR) is 117 cm³/mol. The number of nitrogens with zero attached hydrogens (tertiary/aromatic N) is 4. The van der Waals surface area contributed by atoms with E-state index < -0.39 is 0 Å². The van der Waals surface area contributed by atoms with Crippen molar-refractivity contribution in [2.45, 2.75) is 38.6 Å². The molecule has 2 fully saturated rings. The van der Waals surface area contributed by atoms with Crippen LogP contribution in [0.2, 0.25) is 0 Å². The average molecular weight is 421 g/mol. The molecule has 5 rings (SSSR count). The van der Waals surface area contributed by atoms with Crippen LogP contribution in [-0.4, -0.2) is 59.1 Å². The van der Waals surface area contributed by atoms with Crippen molar-refractivity contribution in [3.8, 4) is 5.75 Å². The summed E-state index contributed by atoms with van der Waals surface area (Å²) in [6.45, 7) is 6.04. The summed E-state index contributed by atoms with van der Waals surface area (Å²) in [5, 5.41) is 4.83. The van der Waals surface area contributed by atoms with Crippen molar-refractivity contribution in [1.29, 1.82) is 0 Å². The quantitative estimate of drug-likeness (QED) is 0.626. The van der Waals surface area contributed by atoms with E-state index in [4.69, 9.17) is 9.26 Å². The van der Waals surface area contributed by atoms with E-state index in [9.17, 15) is 4.79 Å². The van der Waals surface area contributed by atoms with Gasteiger partial charge in [-0.25, -0.2) is 4.98 Å². The number of fused-ring (bicyclic) bond motifs is 1. The molecule has 1 aliphatic carbocycles. The number of pyridine rings is 1. The van der Waals surface area contributed by atoms with Crippen molar-refractivity contribution in [2.24, 2.45) is 0 Å². The number of methoxy groups -OCH3 is 1. The van der Waals surface area contributed by atoms with E-state index in [0.29, 0.717) is 23.7 Å². The minimum atomic E-state index is 0.0619. The Hall–Kier alpha value is -2.93. The first-order valence-corrected chi connectivity index (χ1v) is 11.0. The highest BCUT2D eigenvalue weighted by molar-refractivity contribution is 6.06. The first kappa shape index (κ1) is 20.0. The summed E-state index contributed by atoms with van der Waals surface area (Å²) >= 11 is 0. The third-order valence-corrected chi connectivity index (χ3v) is 6.30. The van der Waals surface area contributed by atoms with Crippen molar-refractivity contribution in [3.63, 3.8) is 0 Å². The molecule has 0 N–H and O–H groups in total. The van der Waals surface area contributed by atoms with E-state index in [1.54, 1.807) is 7.11 Å². The molecule has 0 unspecified atom stereocenters. The molecule has 3 aromatic rings. The second-order valence-electron chi connectivity index (χ2n) is 8.59. The van der Waals surface area contributed by atoms with Gasteiger partial charge in [0.05, 0.1) is 23.8 Å². The Balaban J connectivity index is 1.32. The topological polar surface area (TPSA) is 71.7 Å². The fourth-order valence-corrected chi connectivity index (χ4v) is 4.36. The molecule has 1 saturated heterocycles. The Kier molecular flexibility index (Phi) is 5.36. The molecule has 0 bridgehead atoms. The van der Waals surface area contributed by atoms with E-state index >= 15 is 0 Å². The lowest BCUT2D eigenvalue weighted by Gasteiger charge is -2.22. The molecule has 7 heteroatoms. The van der Waals surface area contributed by atoms with Gasteiger partial charge in [-0.3, -0.25) is 9.69 Å². The lowest BCUT2D eigenvalue weighted by molar-refractivity contribution is 0.0762. The number of amides is 1. The molecule has 1 aliphatic heterocycles. The maximum Gasteiger partial charge on any atom is 0.259 e. The van der Waals surface area contributed by atoms with Crippen molar-refractivity contribution in [3.05, 3.63) is 52.8 Å². The van der Waals surface area contributed by atoms with Crippen molar-refractivity contribution >= 4 is 17.0 Å². The normalized spacial score (nSPS) is 17.7. The van der Waals surface area contributed by atoms with Crippen molar-refractivity contribution < 1.29 is 14.1 Å². The zero-order valence-corrected chi connectivity index (χ0v) is 18.1. The summed E-state index contributed by atoms with van der Waals surface area (Å²) in [7, 11) is 1.68. The van der Waals surface area contributed by atoms with Gasteiger partial charge >= 0.3 is 0 Å². The maximum atomic E-state index is 13.5. The second kappa shape index (κ2) is 8.30. The molecule has 2 aromatic heterocycles. The molecular weight excluding hydrogens is 392 g/mol. The summed E-state index contributed by atoms with van der Waals surface area (Å²) in [6, 6.07) is 10.2. The Bertz CT molecular complexity index is 1090. The number of aromatic nitrogens is 2. The fraction of sp³-hybridized carbons (Fsp3) is 0.458. The molecular formula is C24H28N4O3. The summed E-state index contributed by atoms with van der Waals surface area (Å²) in [5.41, 5.74) is 4.12. The van der Waals surface area contributed by atoms with Gasteiger partial charge in [0.1, 0.15) is 5.75 Å². The number of carbonyl (C=O) groups is 1. The second-order valence-corrected chi connectivity index (χ2v) is 8.59. The highest BCUT2D eigenvalue weighted by atomic mass is 16.5. The first-order valence-electron chi connectivity index (χ1n) is 11.0. The van der Waals surface area contributed by atoms with Gasteiger partial charge in [-0.15, -0.1) is 0 Å². The smallest absolute Gasteiger partial charge is 0.259 e. The summed E-state index contributed by atoms with van der Waals surface area (Å²) < 4.78 is 10.7. The molecule has 7 nitrogen and oxygen atoms in total. The van der Waals surface area contributed by atoms with Crippen molar-refractivity contribution in [1.82, 2.24) is 19.9 Å². The lowest BCUT2D eigenvalue weighted by atomic mass is 10.1. The molecule has 0 atom stereocenters. The van der Waals surface area contributed by atoms with E-state index in [2.05, 4.69) is 27.2 Å². The number of carbonyl (C=O) groups excluding carboxylic acids is 1. The SMILES string of the molecule is COc1ccc(CN2CCCN(C(=O)c3cc(C4CC4)nc4onc(C)c34)CC2)cc1. The molecule has 3 heterocycles. The van der Waals surface area contributed by atoms with Crippen LogP contribution in [0.5, 0.6) is 5.75 Å². The molecule has 1 aromatic carbocycles. The number of hydrogen-bond acceptors (Lipinski definition) is 6. The monoisotopic (exact) mass is 420 g/mol. The molecule has 162 valence electrons. The zero-order valence-electron chi connectivity index (χ0n) is 18.1. The van der Waals surface area contributed by atoms with Crippen LogP contribution in [0.1, 0.15) is 52.5 Å². The van der Waals surface area contributed by atoms with Gasteiger partial charge in [0.25, 0.3) is 11.6 Å². The van der Waals surface area contributed by atoms with Crippen LogP contribution in [0.3, 0.4) is 0 Å². The minimum absolute atomic E-state index is 0.0619. The third kappa shape index (κ3) is 4.14. The van der Waals surface area contributed by atoms with Crippen LogP contribution in [0.25, 0.3) is 11.1 Å². The van der Waals surface area contributed by atoms with Gasteiger partial charge < -0.3 is 14.2 Å². The standard InChI is InChI=1S/C24H28N4O3/c1-16-22-20(14-21(18-6-7-18)25-23(22)31-26-16)24(29)28-11-3-10-27(12-13-28)15-17-4-8-19(30-2)9-5-17/h4-5,8-9,14,18H,3,6-7,10-13,15H2,1-2H3. The molecule has 31 heavy (non-hydrogen) atoms. The van der Waals surface area contributed by atoms with Gasteiger partial charge in [-0.2, -0.15) is 0 Å². The predicted octanol–water partition coefficient (Wildman–Crippen LogP) is 3.77. The first-order chi connectivity index (χ1) is 15.1. The van der Waals surface area contributed by atoms with Crippen molar-refractivity contribution in [2.75, 3.05) is 33.3 Å².